The van der Waals surface area contributed by atoms with Crippen LogP contribution in [0.2, 0.25) is 5.02 Å². The number of carbonyl (C=O) groups excluding carboxylic acids is 1. The number of hydrazine groups is 1. The molecule has 2 unspecified atom stereocenters. The van der Waals surface area contributed by atoms with Gasteiger partial charge in [0, 0.05) is 34.3 Å². The van der Waals surface area contributed by atoms with Crippen molar-refractivity contribution in [2.24, 2.45) is 17.5 Å². The van der Waals surface area contributed by atoms with Crippen molar-refractivity contribution in [3.05, 3.63) is 93.9 Å². The van der Waals surface area contributed by atoms with Crippen LogP contribution in [-0.4, -0.2) is 47.0 Å². The van der Waals surface area contributed by atoms with Crippen molar-refractivity contribution in [1.29, 1.82) is 0 Å². The third-order valence-electron chi connectivity index (χ3n) is 7.64. The second kappa shape index (κ2) is 13.0. The first kappa shape index (κ1) is 32.7. The summed E-state index contributed by atoms with van der Waals surface area (Å²) in [6.07, 6.45) is -1.45. The van der Waals surface area contributed by atoms with Crippen LogP contribution in [0.25, 0.3) is 22.5 Å². The molecular formula is C30H31ClF2N8O5. The molecule has 242 valence electrons. The van der Waals surface area contributed by atoms with E-state index in [0.29, 0.717) is 40.6 Å². The van der Waals surface area contributed by atoms with Crippen molar-refractivity contribution < 1.29 is 28.9 Å². The van der Waals surface area contributed by atoms with E-state index in [2.05, 4.69) is 15.4 Å². The van der Waals surface area contributed by atoms with Crippen LogP contribution in [0.4, 0.5) is 20.2 Å². The molecule has 0 saturated heterocycles. The first-order valence-electron chi connectivity index (χ1n) is 14.1. The van der Waals surface area contributed by atoms with E-state index in [0.717, 1.165) is 11.2 Å². The largest absolute Gasteiger partial charge is 0.396 e. The molecule has 1 amide bonds. The molecule has 8 N–H and O–H groups in total. The quantitative estimate of drug-likeness (QED) is 0.102. The van der Waals surface area contributed by atoms with Crippen molar-refractivity contribution in [3.8, 4) is 22.5 Å². The summed E-state index contributed by atoms with van der Waals surface area (Å²) in [6.45, 7) is 1.74. The lowest BCUT2D eigenvalue weighted by Crippen LogP contribution is -2.34. The van der Waals surface area contributed by atoms with Gasteiger partial charge < -0.3 is 26.4 Å². The highest BCUT2D eigenvalue weighted by Gasteiger charge is 2.31. The molecule has 0 aliphatic carbocycles. The van der Waals surface area contributed by atoms with Crippen LogP contribution in [0.1, 0.15) is 37.8 Å². The SMILES string of the molecule is CC1CCCC(n2cnc(-c3cc(Cl)ccc3N(N)/C=C(\N)C(F)F)cc2=O)c2cccc(c2)-c2c(cnn2C(O)(O)O)NC1=O. The monoisotopic (exact) mass is 656 g/mol. The molecule has 4 aromatic rings. The number of allylic oxidation sites excluding steroid dienone is 1. The molecule has 2 bridgehead atoms. The average Bonchev–Trinajstić information content (AvgIpc) is 3.43. The topological polar surface area (TPSA) is 198 Å². The van der Waals surface area contributed by atoms with Gasteiger partial charge in [-0.15, -0.1) is 0 Å². The maximum absolute atomic E-state index is 13.7. The molecule has 1 aliphatic rings. The number of aromatic nitrogens is 4. The molecule has 2 aromatic carbocycles. The van der Waals surface area contributed by atoms with E-state index in [1.165, 1.54) is 41.4 Å². The summed E-state index contributed by atoms with van der Waals surface area (Å²) >= 11 is 6.22. The van der Waals surface area contributed by atoms with Gasteiger partial charge in [0.15, 0.2) is 0 Å². The summed E-state index contributed by atoms with van der Waals surface area (Å²) in [7, 11) is 0. The summed E-state index contributed by atoms with van der Waals surface area (Å²) in [5.74, 6) is 5.22. The Morgan fingerprint density at radius 2 is 1.93 bits per heavy atom. The molecule has 1 aliphatic heterocycles. The first-order valence-corrected chi connectivity index (χ1v) is 14.5. The van der Waals surface area contributed by atoms with Crippen LogP contribution in [0.15, 0.2) is 77.7 Å². The Morgan fingerprint density at radius 1 is 1.17 bits per heavy atom. The number of amides is 1. The lowest BCUT2D eigenvalue weighted by Gasteiger charge is -2.24. The van der Waals surface area contributed by atoms with E-state index in [9.17, 15) is 33.7 Å². The Labute approximate surface area is 265 Å². The summed E-state index contributed by atoms with van der Waals surface area (Å²) in [5.41, 5.74) is 6.02. The predicted octanol–water partition coefficient (Wildman–Crippen LogP) is 3.07. The zero-order valence-corrected chi connectivity index (χ0v) is 25.1. The number of nitrogens with zero attached hydrogens (tertiary/aromatic N) is 5. The molecule has 0 spiro atoms. The van der Waals surface area contributed by atoms with Gasteiger partial charge in [-0.05, 0) is 42.7 Å². The minimum absolute atomic E-state index is 0.0244. The number of alkyl halides is 2. The number of fused-ring (bicyclic) bond motifs is 4. The minimum Gasteiger partial charge on any atom is -0.396 e. The lowest BCUT2D eigenvalue weighted by atomic mass is 9.94. The molecule has 5 rings (SSSR count). The number of nitrogens with two attached hydrogens (primary N) is 2. The number of rotatable bonds is 6. The fraction of sp³-hybridized carbons (Fsp3) is 0.267. The van der Waals surface area contributed by atoms with Crippen molar-refractivity contribution in [2.75, 3.05) is 10.3 Å². The van der Waals surface area contributed by atoms with Crippen LogP contribution in [0.5, 0.6) is 0 Å². The third kappa shape index (κ3) is 6.78. The minimum atomic E-state index is -3.37. The lowest BCUT2D eigenvalue weighted by molar-refractivity contribution is -0.379. The fourth-order valence-electron chi connectivity index (χ4n) is 5.33. The summed E-state index contributed by atoms with van der Waals surface area (Å²) in [4.78, 5) is 31.2. The van der Waals surface area contributed by atoms with Gasteiger partial charge in [-0.25, -0.2) is 19.6 Å². The van der Waals surface area contributed by atoms with E-state index in [4.69, 9.17) is 23.2 Å². The number of benzene rings is 2. The summed E-state index contributed by atoms with van der Waals surface area (Å²) < 4.78 is 28.1. The van der Waals surface area contributed by atoms with Crippen molar-refractivity contribution in [2.45, 2.75) is 44.8 Å². The van der Waals surface area contributed by atoms with Gasteiger partial charge in [-0.3, -0.25) is 19.2 Å². The zero-order chi connectivity index (χ0) is 33.3. The van der Waals surface area contributed by atoms with Crippen LogP contribution in [-0.2, 0) is 10.9 Å². The van der Waals surface area contributed by atoms with E-state index < -0.39 is 35.7 Å². The second-order valence-corrected chi connectivity index (χ2v) is 11.3. The Bertz CT molecular complexity index is 1860. The fourth-order valence-corrected chi connectivity index (χ4v) is 5.50. The second-order valence-electron chi connectivity index (χ2n) is 10.9. The van der Waals surface area contributed by atoms with Crippen molar-refractivity contribution in [3.63, 3.8) is 0 Å². The van der Waals surface area contributed by atoms with E-state index in [-0.39, 0.29) is 33.7 Å². The molecule has 0 saturated carbocycles. The normalized spacial score (nSPS) is 17.6. The Balaban J connectivity index is 1.60. The molecule has 0 fully saturated rings. The molecule has 46 heavy (non-hydrogen) atoms. The van der Waals surface area contributed by atoms with Crippen LogP contribution >= 0.6 is 11.6 Å². The number of nitrogens with one attached hydrogen (secondary N) is 1. The van der Waals surface area contributed by atoms with Gasteiger partial charge in [-0.2, -0.15) is 9.78 Å². The molecule has 2 atom stereocenters. The number of carbonyl (C=O) groups is 1. The highest BCUT2D eigenvalue weighted by Crippen LogP contribution is 2.36. The molecule has 13 nitrogen and oxygen atoms in total. The van der Waals surface area contributed by atoms with E-state index in [1.807, 2.05) is 0 Å². The molecular weight excluding hydrogens is 626 g/mol. The predicted molar refractivity (Wildman–Crippen MR) is 166 cm³/mol. The van der Waals surface area contributed by atoms with E-state index in [1.54, 1.807) is 31.2 Å². The maximum atomic E-state index is 13.7. The van der Waals surface area contributed by atoms with Gasteiger partial charge >= 0.3 is 6.10 Å². The first-order chi connectivity index (χ1) is 21.7. The average molecular weight is 657 g/mol. The Morgan fingerprint density at radius 3 is 2.63 bits per heavy atom. The van der Waals surface area contributed by atoms with Crippen LogP contribution < -0.4 is 27.5 Å². The van der Waals surface area contributed by atoms with Crippen LogP contribution in [0.3, 0.4) is 0 Å². The van der Waals surface area contributed by atoms with Gasteiger partial charge in [0.1, 0.15) is 5.69 Å². The van der Waals surface area contributed by atoms with Crippen LogP contribution in [0, 0.1) is 5.92 Å². The number of hydrogen-bond acceptors (Lipinski definition) is 10. The van der Waals surface area contributed by atoms with Gasteiger partial charge in [-0.1, -0.05) is 43.1 Å². The number of halogens is 3. The highest BCUT2D eigenvalue weighted by atomic mass is 35.5. The molecule has 2 aromatic heterocycles. The van der Waals surface area contributed by atoms with Crippen molar-refractivity contribution >= 4 is 28.9 Å². The van der Waals surface area contributed by atoms with Gasteiger partial charge in [0.2, 0.25) is 5.91 Å². The summed E-state index contributed by atoms with van der Waals surface area (Å²) in [5, 5.41) is 37.7. The Hall–Kier alpha value is -4.67. The van der Waals surface area contributed by atoms with Gasteiger partial charge in [0.25, 0.3) is 12.0 Å². The number of anilines is 2. The highest BCUT2D eigenvalue weighted by molar-refractivity contribution is 6.31. The van der Waals surface area contributed by atoms with E-state index >= 15 is 0 Å². The number of hydrogen-bond donors (Lipinski definition) is 6. The Kier molecular flexibility index (Phi) is 9.23. The molecule has 3 heterocycles. The van der Waals surface area contributed by atoms with Crippen molar-refractivity contribution in [1.82, 2.24) is 19.3 Å². The maximum Gasteiger partial charge on any atom is 0.389 e. The number of aliphatic hydroxyl groups is 3. The smallest absolute Gasteiger partial charge is 0.389 e. The summed E-state index contributed by atoms with van der Waals surface area (Å²) in [6, 6.07) is 11.9. The standard InChI is InChI=1S/C30H31ClF2N8O5/c1-16-4-2-7-24(17-5-3-6-18(10-17)27-23(38-29(16)43)13-37-41(27)30(44,45)46)39-15-36-22(12-26(39)42)20-11-19(31)8-9-25(20)40(35)14-21(34)28(32)33/h3,5-6,8-16,24,28,44-46H,2,4,7,34-35H2,1H3,(H,38,43)/b21-14-. The third-order valence-corrected chi connectivity index (χ3v) is 7.88. The van der Waals surface area contributed by atoms with Gasteiger partial charge in [0.05, 0.1) is 41.3 Å². The zero-order valence-electron chi connectivity index (χ0n) is 24.4. The molecule has 0 radical (unpaired) electrons. The molecule has 16 heteroatoms.